The molecule has 0 aliphatic heterocycles. The number of ether oxygens (including phenoxy) is 1. The van der Waals surface area contributed by atoms with Crippen LogP contribution in [0.4, 0.5) is 9.59 Å². The molecule has 0 aromatic carbocycles. The average Bonchev–Trinajstić information content (AvgIpc) is 2.32. The maximum Gasteiger partial charge on any atom is 0.452 e. The summed E-state index contributed by atoms with van der Waals surface area (Å²) in [6.45, 7) is 14.2. The molecule has 6 nitrogen and oxygen atoms in total. The second-order valence-electron chi connectivity index (χ2n) is 5.58. The van der Waals surface area contributed by atoms with Gasteiger partial charge in [0, 0.05) is 0 Å². The summed E-state index contributed by atoms with van der Waals surface area (Å²) in [7, 11) is -2.34. The third-order valence-corrected chi connectivity index (χ3v) is 9.39. The van der Waals surface area contributed by atoms with Gasteiger partial charge < -0.3 is 9.16 Å². The van der Waals surface area contributed by atoms with Crippen molar-refractivity contribution in [1.82, 2.24) is 0 Å². The van der Waals surface area contributed by atoms with Crippen LogP contribution in [0.5, 0.6) is 0 Å². The zero-order valence-corrected chi connectivity index (χ0v) is 14.5. The summed E-state index contributed by atoms with van der Waals surface area (Å²) in [6, 6.07) is 0. The molecular weight excluding hydrogens is 276 g/mol. The molecule has 0 aromatic heterocycles. The largest absolute Gasteiger partial charge is 0.500 e. The lowest BCUT2D eigenvalue weighted by molar-refractivity contribution is 0.160. The molecule has 0 saturated heterocycles. The van der Waals surface area contributed by atoms with Gasteiger partial charge in [-0.1, -0.05) is 51.8 Å². The lowest BCUT2D eigenvalue weighted by atomic mass is 10.5. The van der Waals surface area contributed by atoms with E-state index in [-0.39, 0.29) is 23.2 Å². The van der Waals surface area contributed by atoms with Crippen molar-refractivity contribution < 1.29 is 18.8 Å². The van der Waals surface area contributed by atoms with E-state index in [2.05, 4.69) is 56.5 Å². The summed E-state index contributed by atoms with van der Waals surface area (Å²) < 4.78 is 10.3. The van der Waals surface area contributed by atoms with E-state index in [4.69, 9.17) is 4.43 Å². The van der Waals surface area contributed by atoms with E-state index < -0.39 is 20.5 Å². The third kappa shape index (κ3) is 4.70. The normalized spacial score (nSPS) is 12.5. The Morgan fingerprint density at radius 3 is 1.65 bits per heavy atom. The fourth-order valence-corrected chi connectivity index (χ4v) is 7.81. The van der Waals surface area contributed by atoms with Crippen LogP contribution >= 0.6 is 0 Å². The quantitative estimate of drug-likeness (QED) is 0.534. The summed E-state index contributed by atoms with van der Waals surface area (Å²) >= 11 is 0. The molecule has 0 aliphatic carbocycles. The molecule has 0 saturated carbocycles. The van der Waals surface area contributed by atoms with Crippen LogP contribution in [-0.2, 0) is 9.16 Å². The zero-order valence-electron chi connectivity index (χ0n) is 13.5. The Morgan fingerprint density at radius 2 is 1.30 bits per heavy atom. The topological polar surface area (TPSA) is 77.3 Å². The van der Waals surface area contributed by atoms with E-state index >= 15 is 0 Å². The number of hydrogen-bond donors (Lipinski definition) is 0. The number of amides is 2. The monoisotopic (exact) mass is 302 g/mol. The van der Waals surface area contributed by atoms with Gasteiger partial charge in [-0.3, -0.25) is 0 Å². The van der Waals surface area contributed by atoms with Crippen LogP contribution in [0.2, 0.25) is 16.6 Å². The number of carbonyl (C=O) groups excluding carboxylic acids is 2. The molecule has 0 heterocycles. The van der Waals surface area contributed by atoms with Crippen LogP contribution in [0.25, 0.3) is 0 Å². The molecular formula is C13H26N2O4Si. The number of nitrogens with zero attached hydrogens (tertiary/aromatic N) is 2. The van der Waals surface area contributed by atoms with Crippen LogP contribution in [-0.4, -0.2) is 27.1 Å². The lowest BCUT2D eigenvalue weighted by Crippen LogP contribution is -2.48. The van der Waals surface area contributed by atoms with E-state index in [1.807, 2.05) is 0 Å². The minimum atomic E-state index is -2.34. The number of rotatable bonds is 5. The summed E-state index contributed by atoms with van der Waals surface area (Å²) in [5.41, 5.74) is 0.762. The van der Waals surface area contributed by atoms with E-state index in [1.54, 1.807) is 6.92 Å². The molecule has 0 bridgehead atoms. The predicted molar refractivity (Wildman–Crippen MR) is 79.4 cm³/mol. The summed E-state index contributed by atoms with van der Waals surface area (Å²) in [5, 5.41) is 6.49. The first kappa shape index (κ1) is 18.8. The standard InChI is InChI=1S/C13H26N2O4Si/c1-8-18-12(16)14-15-13(17)19-20(9(2)3,10(4)5)11(6)7/h9-11H,8H2,1-7H3/b15-14+. The Kier molecular flexibility index (Phi) is 7.63. The molecule has 0 aromatic rings. The Morgan fingerprint density at radius 1 is 0.900 bits per heavy atom. The number of carbonyl (C=O) groups is 2. The molecule has 116 valence electrons. The Balaban J connectivity index is 5.01. The molecule has 0 atom stereocenters. The summed E-state index contributed by atoms with van der Waals surface area (Å²) in [4.78, 5) is 22.9. The van der Waals surface area contributed by atoms with Gasteiger partial charge in [0.1, 0.15) is 0 Å². The summed E-state index contributed by atoms with van der Waals surface area (Å²) in [6.07, 6.45) is -1.68. The molecule has 7 heteroatoms. The molecule has 0 rings (SSSR count). The average molecular weight is 302 g/mol. The maximum atomic E-state index is 11.8. The van der Waals surface area contributed by atoms with Crippen molar-refractivity contribution in [3.05, 3.63) is 0 Å². The molecule has 0 radical (unpaired) electrons. The van der Waals surface area contributed by atoms with Crippen molar-refractivity contribution in [2.75, 3.05) is 6.61 Å². The van der Waals surface area contributed by atoms with Gasteiger partial charge in [-0.15, -0.1) is 0 Å². The van der Waals surface area contributed by atoms with Crippen LogP contribution in [0.1, 0.15) is 48.5 Å². The van der Waals surface area contributed by atoms with Gasteiger partial charge in [0.15, 0.2) is 0 Å². The van der Waals surface area contributed by atoms with Crippen molar-refractivity contribution in [2.45, 2.75) is 65.1 Å². The first-order valence-electron chi connectivity index (χ1n) is 6.99. The van der Waals surface area contributed by atoms with E-state index in [1.165, 1.54) is 0 Å². The molecule has 0 aliphatic rings. The Hall–Kier alpha value is -1.24. The summed E-state index contributed by atoms with van der Waals surface area (Å²) in [5.74, 6) is 0. The van der Waals surface area contributed by atoms with E-state index in [0.717, 1.165) is 0 Å². The van der Waals surface area contributed by atoms with Gasteiger partial charge in [-0.05, 0) is 23.5 Å². The lowest BCUT2D eigenvalue weighted by Gasteiger charge is -2.40. The highest BCUT2D eigenvalue weighted by atomic mass is 28.4. The van der Waals surface area contributed by atoms with Gasteiger partial charge in [-0.2, -0.15) is 0 Å². The second kappa shape index (κ2) is 8.14. The fourth-order valence-electron chi connectivity index (χ4n) is 2.76. The van der Waals surface area contributed by atoms with Crippen molar-refractivity contribution in [1.29, 1.82) is 0 Å². The molecule has 0 unspecified atom stereocenters. The minimum absolute atomic E-state index is 0.190. The van der Waals surface area contributed by atoms with Gasteiger partial charge in [0.25, 0.3) is 8.32 Å². The Labute approximate surface area is 122 Å². The second-order valence-corrected chi connectivity index (χ2v) is 11.0. The van der Waals surface area contributed by atoms with Crippen LogP contribution in [0.3, 0.4) is 0 Å². The van der Waals surface area contributed by atoms with Crippen LogP contribution in [0.15, 0.2) is 10.2 Å². The van der Waals surface area contributed by atoms with Crippen molar-refractivity contribution >= 4 is 20.5 Å². The molecule has 20 heavy (non-hydrogen) atoms. The predicted octanol–water partition coefficient (Wildman–Crippen LogP) is 4.91. The van der Waals surface area contributed by atoms with Crippen molar-refractivity contribution in [3.63, 3.8) is 0 Å². The molecule has 0 fully saturated rings. The smallest absolute Gasteiger partial charge is 0.452 e. The molecule has 0 spiro atoms. The Bertz CT molecular complexity index is 346. The van der Waals surface area contributed by atoms with E-state index in [0.29, 0.717) is 0 Å². The molecule has 0 N–H and O–H groups in total. The van der Waals surface area contributed by atoms with Gasteiger partial charge in [0.05, 0.1) is 6.61 Å². The van der Waals surface area contributed by atoms with Crippen molar-refractivity contribution in [3.8, 4) is 0 Å². The SMILES string of the molecule is CCOC(=O)/N=N/C(=O)O[Si](C(C)C)(C(C)C)C(C)C. The van der Waals surface area contributed by atoms with Gasteiger partial charge >= 0.3 is 12.2 Å². The highest BCUT2D eigenvalue weighted by molar-refractivity contribution is 6.78. The number of azo groups is 1. The fraction of sp³-hybridized carbons (Fsp3) is 0.846. The van der Waals surface area contributed by atoms with E-state index in [9.17, 15) is 9.59 Å². The van der Waals surface area contributed by atoms with Crippen LogP contribution < -0.4 is 0 Å². The molecule has 2 amide bonds. The zero-order chi connectivity index (χ0) is 15.9. The van der Waals surface area contributed by atoms with Gasteiger partial charge in [-0.25, -0.2) is 9.59 Å². The van der Waals surface area contributed by atoms with Crippen molar-refractivity contribution in [2.24, 2.45) is 10.2 Å². The highest BCUT2D eigenvalue weighted by Gasteiger charge is 2.48. The first-order chi connectivity index (χ1) is 9.18. The number of hydrogen-bond acceptors (Lipinski definition) is 4. The minimum Gasteiger partial charge on any atom is -0.500 e. The van der Waals surface area contributed by atoms with Gasteiger partial charge in [0.2, 0.25) is 0 Å². The van der Waals surface area contributed by atoms with Crippen LogP contribution in [0, 0.1) is 0 Å². The highest BCUT2D eigenvalue weighted by Crippen LogP contribution is 2.42. The maximum absolute atomic E-state index is 11.8. The third-order valence-electron chi connectivity index (χ3n) is 3.45. The first-order valence-corrected chi connectivity index (χ1v) is 9.13.